The highest BCUT2D eigenvalue weighted by atomic mass is 35.5. The summed E-state index contributed by atoms with van der Waals surface area (Å²) in [6.45, 7) is 2.09. The van der Waals surface area contributed by atoms with Gasteiger partial charge in [0.2, 0.25) is 15.9 Å². The van der Waals surface area contributed by atoms with E-state index in [-0.39, 0.29) is 30.8 Å². The van der Waals surface area contributed by atoms with E-state index in [1.165, 1.54) is 5.56 Å². The van der Waals surface area contributed by atoms with Gasteiger partial charge in [-0.1, -0.05) is 30.3 Å². The molecule has 9 heteroatoms. The molecule has 1 aliphatic heterocycles. The number of hydrogen-bond donors (Lipinski definition) is 2. The summed E-state index contributed by atoms with van der Waals surface area (Å²) in [6.07, 6.45) is 2.60. The number of rotatable bonds is 8. The van der Waals surface area contributed by atoms with Crippen LogP contribution in [0.15, 0.2) is 48.5 Å². The molecule has 2 aromatic carbocycles. The van der Waals surface area contributed by atoms with Crippen LogP contribution in [0.5, 0.6) is 0 Å². The molecule has 0 aliphatic carbocycles. The Labute approximate surface area is 190 Å². The number of nitrogens with one attached hydrogen (secondary N) is 1. The summed E-state index contributed by atoms with van der Waals surface area (Å²) in [5.41, 5.74) is 3.61. The molecule has 2 N–H and O–H groups in total. The number of benzene rings is 2. The number of aliphatic hydroxyl groups is 1. The van der Waals surface area contributed by atoms with Gasteiger partial charge in [0.15, 0.2) is 0 Å². The van der Waals surface area contributed by atoms with Gasteiger partial charge in [-0.3, -0.25) is 9.52 Å². The van der Waals surface area contributed by atoms with Crippen molar-refractivity contribution in [2.75, 3.05) is 42.6 Å². The van der Waals surface area contributed by atoms with E-state index >= 15 is 0 Å². The summed E-state index contributed by atoms with van der Waals surface area (Å²) in [4.78, 5) is 16.5. The Morgan fingerprint density at radius 1 is 1.19 bits per heavy atom. The van der Waals surface area contributed by atoms with Crippen molar-refractivity contribution < 1.29 is 18.3 Å². The third-order valence-electron chi connectivity index (χ3n) is 5.25. The Bertz CT molecular complexity index is 983. The lowest BCUT2D eigenvalue weighted by atomic mass is 10.1. The molecule has 170 valence electrons. The molecule has 1 heterocycles. The summed E-state index contributed by atoms with van der Waals surface area (Å²) in [5.74, 6) is 0.00731. The Morgan fingerprint density at radius 2 is 1.87 bits per heavy atom. The number of anilines is 2. The van der Waals surface area contributed by atoms with Gasteiger partial charge in [0.1, 0.15) is 0 Å². The maximum atomic E-state index is 12.6. The highest BCUT2D eigenvalue weighted by Gasteiger charge is 2.22. The molecule has 1 amide bonds. The predicted octanol–water partition coefficient (Wildman–Crippen LogP) is 2.29. The monoisotopic (exact) mass is 467 g/mol. The second kappa shape index (κ2) is 10.8. The van der Waals surface area contributed by atoms with Crippen molar-refractivity contribution in [2.45, 2.75) is 25.4 Å². The van der Waals surface area contributed by atoms with E-state index < -0.39 is 10.0 Å². The van der Waals surface area contributed by atoms with Crippen molar-refractivity contribution in [3.05, 3.63) is 59.7 Å². The molecule has 0 spiro atoms. The molecule has 0 unspecified atom stereocenters. The molecule has 7 nitrogen and oxygen atoms in total. The zero-order chi connectivity index (χ0) is 21.7. The molecule has 1 fully saturated rings. The number of halogens is 1. The number of carbonyl (C=O) groups excluding carboxylic acids is 1. The van der Waals surface area contributed by atoms with Crippen LogP contribution >= 0.6 is 12.4 Å². The van der Waals surface area contributed by atoms with Crippen LogP contribution in [0.1, 0.15) is 17.5 Å². The average Bonchev–Trinajstić information content (AvgIpc) is 3.13. The minimum Gasteiger partial charge on any atom is -0.391 e. The summed E-state index contributed by atoms with van der Waals surface area (Å²) >= 11 is 0. The lowest BCUT2D eigenvalue weighted by Gasteiger charge is -2.23. The van der Waals surface area contributed by atoms with Gasteiger partial charge in [0.05, 0.1) is 18.8 Å². The van der Waals surface area contributed by atoms with Crippen LogP contribution in [0.25, 0.3) is 0 Å². The van der Waals surface area contributed by atoms with Crippen LogP contribution in [0.2, 0.25) is 0 Å². The predicted molar refractivity (Wildman–Crippen MR) is 126 cm³/mol. The summed E-state index contributed by atoms with van der Waals surface area (Å²) in [7, 11) is -1.52. The van der Waals surface area contributed by atoms with Gasteiger partial charge < -0.3 is 14.9 Å². The largest absolute Gasteiger partial charge is 0.391 e. The number of sulfonamides is 1. The quantitative estimate of drug-likeness (QED) is 0.621. The number of likely N-dealkylation sites (N-methyl/N-ethyl adjacent to an activating group) is 1. The van der Waals surface area contributed by atoms with Crippen LogP contribution in [0.3, 0.4) is 0 Å². The zero-order valence-corrected chi connectivity index (χ0v) is 19.5. The highest BCUT2D eigenvalue weighted by Crippen LogP contribution is 2.25. The standard InChI is InChI=1S/C22H29N3O4S.ClH/c1-24(22(27)15-17-7-9-19(10-8-17)23-30(2,28)29)13-11-18-5-3-4-6-21(18)25-14-12-20(26)16-25;/h3-10,20,23,26H,11-16H2,1-2H3;1H/t20-;/m0./s1. The SMILES string of the molecule is CN(CCc1ccccc1N1CC[C@H](O)C1)C(=O)Cc1ccc(NS(C)(=O)=O)cc1.Cl. The van der Waals surface area contributed by atoms with Gasteiger partial charge >= 0.3 is 0 Å². The first kappa shape index (κ1) is 25.0. The van der Waals surface area contributed by atoms with Crippen LogP contribution in [-0.2, 0) is 27.7 Å². The van der Waals surface area contributed by atoms with Gasteiger partial charge in [0.25, 0.3) is 0 Å². The Balaban J connectivity index is 0.00000341. The van der Waals surface area contributed by atoms with Crippen LogP contribution < -0.4 is 9.62 Å². The molecular formula is C22H30ClN3O4S. The smallest absolute Gasteiger partial charge is 0.229 e. The first-order valence-corrected chi connectivity index (χ1v) is 11.9. The molecule has 0 bridgehead atoms. The third-order valence-corrected chi connectivity index (χ3v) is 5.86. The molecule has 31 heavy (non-hydrogen) atoms. The molecular weight excluding hydrogens is 438 g/mol. The number of aliphatic hydroxyl groups excluding tert-OH is 1. The first-order chi connectivity index (χ1) is 14.2. The number of β-amino-alcohol motifs (C(OH)–C–C–N with tert-alkyl or cyclic N) is 1. The zero-order valence-electron chi connectivity index (χ0n) is 17.8. The minimum atomic E-state index is -3.32. The number of carbonyl (C=O) groups is 1. The number of hydrogen-bond acceptors (Lipinski definition) is 5. The van der Waals surface area contributed by atoms with E-state index in [0.717, 1.165) is 36.9 Å². The van der Waals surface area contributed by atoms with E-state index in [1.54, 1.807) is 36.2 Å². The Hall–Kier alpha value is -2.29. The van der Waals surface area contributed by atoms with E-state index in [2.05, 4.69) is 21.8 Å². The lowest BCUT2D eigenvalue weighted by Crippen LogP contribution is -2.30. The maximum Gasteiger partial charge on any atom is 0.229 e. The van der Waals surface area contributed by atoms with Gasteiger partial charge in [-0.25, -0.2) is 8.42 Å². The van der Waals surface area contributed by atoms with E-state index in [1.807, 2.05) is 12.1 Å². The first-order valence-electron chi connectivity index (χ1n) is 10.0. The second-order valence-corrected chi connectivity index (χ2v) is 9.58. The van der Waals surface area contributed by atoms with Crippen molar-refractivity contribution in [2.24, 2.45) is 0 Å². The van der Waals surface area contributed by atoms with E-state index in [0.29, 0.717) is 18.8 Å². The molecule has 1 aliphatic rings. The Morgan fingerprint density at radius 3 is 2.48 bits per heavy atom. The van der Waals surface area contributed by atoms with Crippen molar-refractivity contribution in [3.63, 3.8) is 0 Å². The molecule has 1 saturated heterocycles. The minimum absolute atomic E-state index is 0. The maximum absolute atomic E-state index is 12.6. The fourth-order valence-corrected chi connectivity index (χ4v) is 4.18. The van der Waals surface area contributed by atoms with Gasteiger partial charge in [-0.15, -0.1) is 12.4 Å². The van der Waals surface area contributed by atoms with E-state index in [9.17, 15) is 18.3 Å². The van der Waals surface area contributed by atoms with Crippen LogP contribution in [0.4, 0.5) is 11.4 Å². The topological polar surface area (TPSA) is 89.9 Å². The molecule has 0 radical (unpaired) electrons. The van der Waals surface area contributed by atoms with Crippen molar-refractivity contribution in [1.82, 2.24) is 4.90 Å². The van der Waals surface area contributed by atoms with E-state index in [4.69, 9.17) is 0 Å². The second-order valence-electron chi connectivity index (χ2n) is 7.83. The number of para-hydroxylation sites is 1. The molecule has 1 atom stereocenters. The normalized spacial score (nSPS) is 16.0. The van der Waals surface area contributed by atoms with Crippen molar-refractivity contribution in [1.29, 1.82) is 0 Å². The fourth-order valence-electron chi connectivity index (χ4n) is 3.62. The fraction of sp³-hybridized carbons (Fsp3) is 0.409. The van der Waals surface area contributed by atoms with Gasteiger partial charge in [-0.2, -0.15) is 0 Å². The Kier molecular flexibility index (Phi) is 8.73. The average molecular weight is 468 g/mol. The van der Waals surface area contributed by atoms with Gasteiger partial charge in [0, 0.05) is 38.1 Å². The van der Waals surface area contributed by atoms with Crippen molar-refractivity contribution >= 4 is 39.7 Å². The van der Waals surface area contributed by atoms with Crippen molar-refractivity contribution in [3.8, 4) is 0 Å². The molecule has 0 saturated carbocycles. The highest BCUT2D eigenvalue weighted by molar-refractivity contribution is 7.92. The number of amides is 1. The van der Waals surface area contributed by atoms with Crippen LogP contribution in [-0.4, -0.2) is 63.4 Å². The molecule has 3 rings (SSSR count). The molecule has 0 aromatic heterocycles. The summed E-state index contributed by atoms with van der Waals surface area (Å²) in [5, 5.41) is 9.83. The molecule has 2 aromatic rings. The lowest BCUT2D eigenvalue weighted by molar-refractivity contribution is -0.129. The van der Waals surface area contributed by atoms with Crippen LogP contribution in [0, 0.1) is 0 Å². The summed E-state index contributed by atoms with van der Waals surface area (Å²) in [6, 6.07) is 15.0. The van der Waals surface area contributed by atoms with Gasteiger partial charge in [-0.05, 0) is 42.2 Å². The third kappa shape index (κ3) is 7.41. The summed E-state index contributed by atoms with van der Waals surface area (Å²) < 4.78 is 25.0. The number of nitrogens with zero attached hydrogens (tertiary/aromatic N) is 2.